The van der Waals surface area contributed by atoms with Gasteiger partial charge in [0.15, 0.2) is 0 Å². The molecule has 1 saturated heterocycles. The summed E-state index contributed by atoms with van der Waals surface area (Å²) in [5.41, 5.74) is 1.08. The summed E-state index contributed by atoms with van der Waals surface area (Å²) in [4.78, 5) is 24.9. The predicted molar refractivity (Wildman–Crippen MR) is 83.4 cm³/mol. The third kappa shape index (κ3) is 4.94. The first-order valence-electron chi connectivity index (χ1n) is 7.55. The first-order chi connectivity index (χ1) is 11.1. The number of methoxy groups -OCH3 is 1. The van der Waals surface area contributed by atoms with Gasteiger partial charge in [-0.1, -0.05) is 12.1 Å². The largest absolute Gasteiger partial charge is 0.478 e. The van der Waals surface area contributed by atoms with E-state index in [0.717, 1.165) is 12.0 Å². The molecule has 1 fully saturated rings. The summed E-state index contributed by atoms with van der Waals surface area (Å²) in [6.07, 6.45) is 0.733. The van der Waals surface area contributed by atoms with Crippen molar-refractivity contribution in [1.29, 1.82) is 0 Å². The molecule has 1 aliphatic rings. The van der Waals surface area contributed by atoms with E-state index in [1.807, 2.05) is 0 Å². The van der Waals surface area contributed by atoms with Gasteiger partial charge in [0, 0.05) is 26.8 Å². The third-order valence-electron chi connectivity index (χ3n) is 3.79. The number of rotatable bonds is 6. The van der Waals surface area contributed by atoms with Crippen molar-refractivity contribution in [2.75, 3.05) is 33.5 Å². The smallest absolute Gasteiger partial charge is 0.335 e. The lowest BCUT2D eigenvalue weighted by Crippen LogP contribution is -2.52. The molecular weight excluding hydrogens is 300 g/mol. The van der Waals surface area contributed by atoms with Crippen molar-refractivity contribution in [3.8, 4) is 0 Å². The molecule has 2 amide bonds. The van der Waals surface area contributed by atoms with E-state index < -0.39 is 5.97 Å². The van der Waals surface area contributed by atoms with Crippen LogP contribution in [0.2, 0.25) is 0 Å². The molecule has 126 valence electrons. The van der Waals surface area contributed by atoms with Crippen molar-refractivity contribution >= 4 is 12.0 Å². The van der Waals surface area contributed by atoms with E-state index >= 15 is 0 Å². The maximum Gasteiger partial charge on any atom is 0.335 e. The Hall–Kier alpha value is -2.12. The van der Waals surface area contributed by atoms with Crippen molar-refractivity contribution < 1.29 is 24.2 Å². The third-order valence-corrected chi connectivity index (χ3v) is 3.79. The average Bonchev–Trinajstić information content (AvgIpc) is 2.58. The summed E-state index contributed by atoms with van der Waals surface area (Å²) in [5, 5.41) is 11.7. The van der Waals surface area contributed by atoms with E-state index in [0.29, 0.717) is 32.9 Å². The second kappa shape index (κ2) is 8.50. The van der Waals surface area contributed by atoms with Crippen LogP contribution in [0.15, 0.2) is 24.3 Å². The quantitative estimate of drug-likeness (QED) is 0.825. The van der Waals surface area contributed by atoms with Gasteiger partial charge in [-0.3, -0.25) is 0 Å². The maximum absolute atomic E-state index is 12.3. The standard InChI is InChI=1S/C16H22N2O5/c1-22-8-6-14-11-23-9-7-18(14)16(21)17-10-12-2-4-13(5-3-12)15(19)20/h2-5,14H,6-11H2,1H3,(H,17,21)(H,19,20). The number of nitrogens with zero attached hydrogens (tertiary/aromatic N) is 1. The summed E-state index contributed by atoms with van der Waals surface area (Å²) in [7, 11) is 1.63. The normalized spacial score (nSPS) is 17.8. The van der Waals surface area contributed by atoms with Crippen molar-refractivity contribution in [2.24, 2.45) is 0 Å². The summed E-state index contributed by atoms with van der Waals surface area (Å²) in [5.74, 6) is -0.963. The van der Waals surface area contributed by atoms with E-state index in [-0.39, 0.29) is 17.6 Å². The van der Waals surface area contributed by atoms with Crippen LogP contribution in [-0.2, 0) is 16.0 Å². The number of nitrogens with one attached hydrogen (secondary N) is 1. The number of aromatic carboxylic acids is 1. The first kappa shape index (κ1) is 17.2. The van der Waals surface area contributed by atoms with Crippen LogP contribution < -0.4 is 5.32 Å². The lowest BCUT2D eigenvalue weighted by molar-refractivity contribution is 0.00159. The molecule has 23 heavy (non-hydrogen) atoms. The Labute approximate surface area is 135 Å². The van der Waals surface area contributed by atoms with Gasteiger partial charge in [0.25, 0.3) is 0 Å². The van der Waals surface area contributed by atoms with Gasteiger partial charge < -0.3 is 24.8 Å². The van der Waals surface area contributed by atoms with Crippen LogP contribution >= 0.6 is 0 Å². The van der Waals surface area contributed by atoms with Crippen LogP contribution in [0.3, 0.4) is 0 Å². The average molecular weight is 322 g/mol. The van der Waals surface area contributed by atoms with Crippen LogP contribution in [-0.4, -0.2) is 61.5 Å². The number of hydrogen-bond donors (Lipinski definition) is 2. The van der Waals surface area contributed by atoms with Crippen molar-refractivity contribution in [2.45, 2.75) is 19.0 Å². The molecule has 0 radical (unpaired) electrons. The zero-order chi connectivity index (χ0) is 16.7. The molecular formula is C16H22N2O5. The summed E-state index contributed by atoms with van der Waals surface area (Å²) in [6.45, 7) is 2.54. The molecule has 0 aromatic heterocycles. The topological polar surface area (TPSA) is 88.1 Å². The summed E-state index contributed by atoms with van der Waals surface area (Å²) < 4.78 is 10.5. The number of carbonyl (C=O) groups is 2. The number of urea groups is 1. The van der Waals surface area contributed by atoms with E-state index in [2.05, 4.69) is 5.32 Å². The zero-order valence-corrected chi connectivity index (χ0v) is 13.2. The number of carboxylic acid groups (broad SMARTS) is 1. The number of carbonyl (C=O) groups excluding carboxylic acids is 1. The van der Waals surface area contributed by atoms with E-state index in [1.54, 1.807) is 24.1 Å². The minimum absolute atomic E-state index is 0.0121. The highest BCUT2D eigenvalue weighted by atomic mass is 16.5. The molecule has 0 saturated carbocycles. The number of amides is 2. The second-order valence-electron chi connectivity index (χ2n) is 5.36. The molecule has 1 heterocycles. The Bertz CT molecular complexity index is 532. The zero-order valence-electron chi connectivity index (χ0n) is 13.2. The highest BCUT2D eigenvalue weighted by Gasteiger charge is 2.26. The van der Waals surface area contributed by atoms with Gasteiger partial charge >= 0.3 is 12.0 Å². The summed E-state index contributed by atoms with van der Waals surface area (Å²) in [6, 6.07) is 6.33. The molecule has 0 spiro atoms. The van der Waals surface area contributed by atoms with Gasteiger partial charge in [0.2, 0.25) is 0 Å². The fraction of sp³-hybridized carbons (Fsp3) is 0.500. The van der Waals surface area contributed by atoms with Gasteiger partial charge in [-0.05, 0) is 24.1 Å². The maximum atomic E-state index is 12.3. The lowest BCUT2D eigenvalue weighted by Gasteiger charge is -2.35. The van der Waals surface area contributed by atoms with Crippen LogP contribution in [0.4, 0.5) is 4.79 Å². The Morgan fingerprint density at radius 1 is 1.39 bits per heavy atom. The fourth-order valence-corrected chi connectivity index (χ4v) is 2.46. The van der Waals surface area contributed by atoms with Crippen LogP contribution in [0.1, 0.15) is 22.3 Å². The Balaban J connectivity index is 1.88. The number of morpholine rings is 1. The van der Waals surface area contributed by atoms with Gasteiger partial charge in [0.05, 0.1) is 24.8 Å². The van der Waals surface area contributed by atoms with Crippen molar-refractivity contribution in [3.63, 3.8) is 0 Å². The molecule has 1 unspecified atom stereocenters. The molecule has 1 aliphatic heterocycles. The Morgan fingerprint density at radius 2 is 2.13 bits per heavy atom. The van der Waals surface area contributed by atoms with Gasteiger partial charge in [-0.2, -0.15) is 0 Å². The number of carboxylic acids is 1. The van der Waals surface area contributed by atoms with E-state index in [9.17, 15) is 9.59 Å². The SMILES string of the molecule is COCCC1COCCN1C(=O)NCc1ccc(C(=O)O)cc1. The van der Waals surface area contributed by atoms with Gasteiger partial charge in [0.1, 0.15) is 0 Å². The lowest BCUT2D eigenvalue weighted by atomic mass is 10.1. The van der Waals surface area contributed by atoms with E-state index in [1.165, 1.54) is 12.1 Å². The molecule has 1 aromatic carbocycles. The molecule has 2 N–H and O–H groups in total. The number of ether oxygens (including phenoxy) is 2. The minimum atomic E-state index is -0.963. The predicted octanol–water partition coefficient (Wildman–Crippen LogP) is 1.33. The minimum Gasteiger partial charge on any atom is -0.478 e. The Kier molecular flexibility index (Phi) is 6.37. The monoisotopic (exact) mass is 322 g/mol. The van der Waals surface area contributed by atoms with E-state index in [4.69, 9.17) is 14.6 Å². The van der Waals surface area contributed by atoms with Gasteiger partial charge in [-0.25, -0.2) is 9.59 Å². The van der Waals surface area contributed by atoms with Crippen molar-refractivity contribution in [1.82, 2.24) is 10.2 Å². The van der Waals surface area contributed by atoms with Crippen LogP contribution in [0.5, 0.6) is 0 Å². The van der Waals surface area contributed by atoms with Gasteiger partial charge in [-0.15, -0.1) is 0 Å². The molecule has 7 heteroatoms. The van der Waals surface area contributed by atoms with Crippen LogP contribution in [0.25, 0.3) is 0 Å². The highest BCUT2D eigenvalue weighted by Crippen LogP contribution is 2.11. The Morgan fingerprint density at radius 3 is 2.78 bits per heavy atom. The molecule has 0 aliphatic carbocycles. The fourth-order valence-electron chi connectivity index (χ4n) is 2.46. The number of benzene rings is 1. The molecule has 0 bridgehead atoms. The number of hydrogen-bond acceptors (Lipinski definition) is 4. The summed E-state index contributed by atoms with van der Waals surface area (Å²) >= 11 is 0. The van der Waals surface area contributed by atoms with Crippen LogP contribution in [0, 0.1) is 0 Å². The highest BCUT2D eigenvalue weighted by molar-refractivity contribution is 5.87. The molecule has 1 atom stereocenters. The first-order valence-corrected chi connectivity index (χ1v) is 7.55. The second-order valence-corrected chi connectivity index (χ2v) is 5.36. The molecule has 2 rings (SSSR count). The molecule has 7 nitrogen and oxygen atoms in total. The molecule has 1 aromatic rings. The van der Waals surface area contributed by atoms with Crippen molar-refractivity contribution in [3.05, 3.63) is 35.4 Å².